The fourth-order valence-corrected chi connectivity index (χ4v) is 3.15. The van der Waals surface area contributed by atoms with Crippen LogP contribution < -0.4 is 0 Å². The molecule has 6 heteroatoms. The van der Waals surface area contributed by atoms with Crippen molar-refractivity contribution >= 4 is 55.1 Å². The SMILES string of the molecule is CCOC(=O)c1cnc2c(Br)csc2c1Cl. The molecule has 0 aliphatic rings. The molecule has 0 N–H and O–H groups in total. The molecule has 0 atom stereocenters. The van der Waals surface area contributed by atoms with Gasteiger partial charge < -0.3 is 4.74 Å². The maximum atomic E-state index is 11.6. The molecule has 0 saturated carbocycles. The van der Waals surface area contributed by atoms with Crippen LogP contribution in [0.25, 0.3) is 10.2 Å². The Balaban J connectivity index is 2.56. The number of halogens is 2. The molecule has 0 bridgehead atoms. The maximum absolute atomic E-state index is 11.6. The van der Waals surface area contributed by atoms with Crippen molar-refractivity contribution in [3.8, 4) is 0 Å². The van der Waals surface area contributed by atoms with Crippen molar-refractivity contribution < 1.29 is 9.53 Å². The third-order valence-electron chi connectivity index (χ3n) is 1.98. The Labute approximate surface area is 110 Å². The number of thiophene rings is 1. The lowest BCUT2D eigenvalue weighted by Crippen LogP contribution is -2.05. The average Bonchev–Trinajstić information content (AvgIpc) is 2.62. The molecule has 0 aliphatic heterocycles. The zero-order valence-corrected chi connectivity index (χ0v) is 11.4. The molecule has 0 spiro atoms. The van der Waals surface area contributed by atoms with Crippen LogP contribution >= 0.6 is 38.9 Å². The second-order valence-corrected chi connectivity index (χ2v) is 5.08. The summed E-state index contributed by atoms with van der Waals surface area (Å²) in [7, 11) is 0. The summed E-state index contributed by atoms with van der Waals surface area (Å²) in [5.41, 5.74) is 1.08. The number of pyridine rings is 1. The van der Waals surface area contributed by atoms with Crippen LogP contribution in [0, 0.1) is 0 Å². The van der Waals surface area contributed by atoms with Crippen molar-refractivity contribution in [3.05, 3.63) is 26.6 Å². The molecule has 2 heterocycles. The van der Waals surface area contributed by atoms with Crippen LogP contribution in [-0.2, 0) is 4.74 Å². The Hall–Kier alpha value is -0.650. The van der Waals surface area contributed by atoms with Gasteiger partial charge >= 0.3 is 5.97 Å². The highest BCUT2D eigenvalue weighted by Gasteiger charge is 2.17. The number of fused-ring (bicyclic) bond motifs is 1. The van der Waals surface area contributed by atoms with E-state index in [4.69, 9.17) is 16.3 Å². The van der Waals surface area contributed by atoms with Gasteiger partial charge in [-0.05, 0) is 22.9 Å². The van der Waals surface area contributed by atoms with E-state index >= 15 is 0 Å². The number of rotatable bonds is 2. The monoisotopic (exact) mass is 319 g/mol. The van der Waals surface area contributed by atoms with Crippen molar-refractivity contribution in [3.63, 3.8) is 0 Å². The molecular weight excluding hydrogens is 314 g/mol. The highest BCUT2D eigenvalue weighted by molar-refractivity contribution is 9.10. The van der Waals surface area contributed by atoms with E-state index in [0.717, 1.165) is 14.7 Å². The van der Waals surface area contributed by atoms with Gasteiger partial charge in [-0.3, -0.25) is 4.98 Å². The van der Waals surface area contributed by atoms with E-state index in [-0.39, 0.29) is 0 Å². The second-order valence-electron chi connectivity index (χ2n) is 2.97. The topological polar surface area (TPSA) is 39.2 Å². The summed E-state index contributed by atoms with van der Waals surface area (Å²) in [6, 6.07) is 0. The molecule has 0 radical (unpaired) electrons. The van der Waals surface area contributed by atoms with E-state index in [1.165, 1.54) is 17.5 Å². The standard InChI is InChI=1S/C10H7BrClNO2S/c1-2-15-10(14)5-3-13-8-6(11)4-16-9(8)7(5)12/h3-4H,2H2,1H3. The van der Waals surface area contributed by atoms with Crippen molar-refractivity contribution in [2.24, 2.45) is 0 Å². The molecule has 0 amide bonds. The summed E-state index contributed by atoms with van der Waals surface area (Å²) < 4.78 is 6.56. The van der Waals surface area contributed by atoms with Crippen LogP contribution in [0.4, 0.5) is 0 Å². The Morgan fingerprint density at radius 2 is 2.44 bits per heavy atom. The molecule has 0 fully saturated rings. The third-order valence-corrected chi connectivity index (χ3v) is 4.37. The van der Waals surface area contributed by atoms with Gasteiger partial charge in [0.25, 0.3) is 0 Å². The van der Waals surface area contributed by atoms with Crippen LogP contribution in [0.15, 0.2) is 16.0 Å². The minimum absolute atomic E-state index is 0.311. The first kappa shape index (κ1) is 11.8. The molecule has 2 rings (SSSR count). The largest absolute Gasteiger partial charge is 0.462 e. The van der Waals surface area contributed by atoms with Gasteiger partial charge in [-0.15, -0.1) is 11.3 Å². The Bertz CT molecular complexity index is 555. The Kier molecular flexibility index (Phi) is 3.47. The predicted octanol–water partition coefficient (Wildman–Crippen LogP) is 3.89. The normalized spacial score (nSPS) is 10.7. The summed E-state index contributed by atoms with van der Waals surface area (Å²) in [6.45, 7) is 2.07. The Morgan fingerprint density at radius 3 is 3.12 bits per heavy atom. The summed E-state index contributed by atoms with van der Waals surface area (Å²) in [4.78, 5) is 15.7. The molecule has 2 aromatic heterocycles. The van der Waals surface area contributed by atoms with Gasteiger partial charge in [0.05, 0.1) is 31.9 Å². The second kappa shape index (κ2) is 4.69. The number of carbonyl (C=O) groups is 1. The van der Waals surface area contributed by atoms with Gasteiger partial charge in [0.2, 0.25) is 0 Å². The third kappa shape index (κ3) is 1.95. The fourth-order valence-electron chi connectivity index (χ4n) is 1.27. The van der Waals surface area contributed by atoms with Crippen molar-refractivity contribution in [1.82, 2.24) is 4.98 Å². The van der Waals surface area contributed by atoms with Gasteiger partial charge in [-0.25, -0.2) is 4.79 Å². The number of esters is 1. The van der Waals surface area contributed by atoms with E-state index < -0.39 is 5.97 Å². The van der Waals surface area contributed by atoms with Crippen molar-refractivity contribution in [2.45, 2.75) is 6.92 Å². The van der Waals surface area contributed by atoms with E-state index in [2.05, 4.69) is 20.9 Å². The fraction of sp³-hybridized carbons (Fsp3) is 0.200. The van der Waals surface area contributed by atoms with E-state index in [9.17, 15) is 4.79 Å². The number of hydrogen-bond acceptors (Lipinski definition) is 4. The zero-order chi connectivity index (χ0) is 11.7. The number of hydrogen-bond donors (Lipinski definition) is 0. The van der Waals surface area contributed by atoms with Gasteiger partial charge in [0.1, 0.15) is 0 Å². The van der Waals surface area contributed by atoms with Crippen molar-refractivity contribution in [2.75, 3.05) is 6.61 Å². The summed E-state index contributed by atoms with van der Waals surface area (Å²) in [5, 5.41) is 2.29. The minimum Gasteiger partial charge on any atom is -0.462 e. The lowest BCUT2D eigenvalue weighted by molar-refractivity contribution is 0.0526. The first-order valence-electron chi connectivity index (χ1n) is 4.53. The van der Waals surface area contributed by atoms with Crippen molar-refractivity contribution in [1.29, 1.82) is 0 Å². The number of carbonyl (C=O) groups excluding carboxylic acids is 1. The molecule has 0 aliphatic carbocycles. The quantitative estimate of drug-likeness (QED) is 0.788. The average molecular weight is 321 g/mol. The van der Waals surface area contributed by atoms with Crippen LogP contribution in [0.2, 0.25) is 5.02 Å². The first-order chi connectivity index (χ1) is 7.65. The summed E-state index contributed by atoms with van der Waals surface area (Å²) in [6.07, 6.45) is 1.44. The lowest BCUT2D eigenvalue weighted by Gasteiger charge is -2.03. The van der Waals surface area contributed by atoms with Gasteiger partial charge in [0, 0.05) is 11.6 Å². The van der Waals surface area contributed by atoms with E-state index in [1.807, 2.05) is 5.38 Å². The highest BCUT2D eigenvalue weighted by Crippen LogP contribution is 2.35. The minimum atomic E-state index is -0.438. The van der Waals surface area contributed by atoms with Crippen LogP contribution in [-0.4, -0.2) is 17.6 Å². The number of ether oxygens (including phenoxy) is 1. The molecule has 16 heavy (non-hydrogen) atoms. The first-order valence-corrected chi connectivity index (χ1v) is 6.58. The van der Waals surface area contributed by atoms with Crippen LogP contribution in [0.1, 0.15) is 17.3 Å². The van der Waals surface area contributed by atoms with Gasteiger partial charge in [-0.2, -0.15) is 0 Å². The lowest BCUT2D eigenvalue weighted by atomic mass is 10.2. The number of aromatic nitrogens is 1. The molecular formula is C10H7BrClNO2S. The predicted molar refractivity (Wildman–Crippen MR) is 68.3 cm³/mol. The van der Waals surface area contributed by atoms with Gasteiger partial charge in [-0.1, -0.05) is 11.6 Å². The van der Waals surface area contributed by atoms with Crippen LogP contribution in [0.5, 0.6) is 0 Å². The zero-order valence-electron chi connectivity index (χ0n) is 8.29. The molecule has 3 nitrogen and oxygen atoms in total. The highest BCUT2D eigenvalue weighted by atomic mass is 79.9. The Morgan fingerprint density at radius 1 is 1.69 bits per heavy atom. The molecule has 84 valence electrons. The van der Waals surface area contributed by atoms with E-state index in [0.29, 0.717) is 17.2 Å². The molecule has 0 aromatic carbocycles. The summed E-state index contributed by atoms with van der Waals surface area (Å²) >= 11 is 10.9. The molecule has 0 unspecified atom stereocenters. The summed E-state index contributed by atoms with van der Waals surface area (Å²) in [5.74, 6) is -0.438. The smallest absolute Gasteiger partial charge is 0.341 e. The van der Waals surface area contributed by atoms with E-state index in [1.54, 1.807) is 6.92 Å². The number of nitrogens with zero attached hydrogens (tertiary/aromatic N) is 1. The maximum Gasteiger partial charge on any atom is 0.341 e. The van der Waals surface area contributed by atoms with Gasteiger partial charge in [0.15, 0.2) is 0 Å². The molecule has 0 saturated heterocycles. The van der Waals surface area contributed by atoms with Crippen LogP contribution in [0.3, 0.4) is 0 Å². The molecule has 2 aromatic rings.